The molecular weight excluding hydrogens is 583 g/mol. The molecule has 3 nitrogen and oxygen atoms in total. The molecule has 1 unspecified atom stereocenters. The highest BCUT2D eigenvalue weighted by atomic mass is 15.2. The summed E-state index contributed by atoms with van der Waals surface area (Å²) < 4.78 is 4.92. The van der Waals surface area contributed by atoms with Crippen molar-refractivity contribution >= 4 is 65.7 Å². The van der Waals surface area contributed by atoms with Crippen molar-refractivity contribution in [3.8, 4) is 5.69 Å². The SMILES string of the molecule is C1=C(c2ccccc2)C=C(c2ccccc2)NC1n1c2ccccc2c2c3ccc4c5ccccc5n(-c5ccccc5)c4c3ccc21. The van der Waals surface area contributed by atoms with E-state index in [0.29, 0.717) is 0 Å². The van der Waals surface area contributed by atoms with Gasteiger partial charge in [-0.2, -0.15) is 0 Å². The molecule has 0 radical (unpaired) electrons. The summed E-state index contributed by atoms with van der Waals surface area (Å²) in [6.07, 6.45) is 4.55. The number of nitrogens with zero attached hydrogens (tertiary/aromatic N) is 2. The fraction of sp³-hybridized carbons (Fsp3) is 0.0222. The normalized spacial score (nSPS) is 14.9. The summed E-state index contributed by atoms with van der Waals surface area (Å²) in [7, 11) is 0. The lowest BCUT2D eigenvalue weighted by atomic mass is 9.98. The van der Waals surface area contributed by atoms with Crippen molar-refractivity contribution in [2.75, 3.05) is 0 Å². The van der Waals surface area contributed by atoms with Crippen LogP contribution in [-0.4, -0.2) is 9.13 Å². The van der Waals surface area contributed by atoms with Crippen LogP contribution in [0.25, 0.3) is 71.3 Å². The van der Waals surface area contributed by atoms with Gasteiger partial charge < -0.3 is 14.5 Å². The zero-order valence-corrected chi connectivity index (χ0v) is 26.2. The van der Waals surface area contributed by atoms with Gasteiger partial charge in [-0.05, 0) is 64.6 Å². The minimum atomic E-state index is -0.0974. The molecule has 9 aromatic rings. The van der Waals surface area contributed by atoms with Crippen LogP contribution < -0.4 is 5.32 Å². The molecule has 0 saturated carbocycles. The lowest BCUT2D eigenvalue weighted by Crippen LogP contribution is -2.26. The van der Waals surface area contributed by atoms with Gasteiger partial charge in [-0.25, -0.2) is 0 Å². The lowest BCUT2D eigenvalue weighted by Gasteiger charge is -2.28. The van der Waals surface area contributed by atoms with Crippen molar-refractivity contribution in [3.63, 3.8) is 0 Å². The van der Waals surface area contributed by atoms with Crippen LogP contribution in [-0.2, 0) is 0 Å². The van der Waals surface area contributed by atoms with E-state index in [1.54, 1.807) is 0 Å². The van der Waals surface area contributed by atoms with Crippen molar-refractivity contribution < 1.29 is 0 Å². The first-order valence-electron chi connectivity index (χ1n) is 16.6. The molecule has 10 rings (SSSR count). The van der Waals surface area contributed by atoms with Crippen LogP contribution in [0.15, 0.2) is 176 Å². The third kappa shape index (κ3) is 4.01. The molecule has 1 aliphatic rings. The Kier molecular flexibility index (Phi) is 5.94. The number of dihydropyridines is 1. The van der Waals surface area contributed by atoms with Crippen molar-refractivity contribution in [1.29, 1.82) is 0 Å². The van der Waals surface area contributed by atoms with Crippen molar-refractivity contribution in [1.82, 2.24) is 14.5 Å². The van der Waals surface area contributed by atoms with Crippen LogP contribution in [0.1, 0.15) is 17.3 Å². The minimum absolute atomic E-state index is 0.0974. The van der Waals surface area contributed by atoms with Gasteiger partial charge in [0, 0.05) is 38.3 Å². The third-order valence-corrected chi connectivity index (χ3v) is 9.93. The topological polar surface area (TPSA) is 21.9 Å². The van der Waals surface area contributed by atoms with E-state index in [0.717, 1.165) is 5.70 Å². The number of rotatable bonds is 4. The molecule has 0 aliphatic carbocycles. The molecule has 3 heteroatoms. The van der Waals surface area contributed by atoms with E-state index in [1.807, 2.05) is 0 Å². The Morgan fingerprint density at radius 3 is 1.79 bits per heavy atom. The number of allylic oxidation sites excluding steroid dienone is 2. The predicted molar refractivity (Wildman–Crippen MR) is 202 cm³/mol. The van der Waals surface area contributed by atoms with E-state index in [4.69, 9.17) is 0 Å². The van der Waals surface area contributed by atoms with Crippen LogP contribution >= 0.6 is 0 Å². The zero-order valence-electron chi connectivity index (χ0n) is 26.2. The molecule has 0 fully saturated rings. The predicted octanol–water partition coefficient (Wildman–Crippen LogP) is 11.3. The Morgan fingerprint density at radius 2 is 1.02 bits per heavy atom. The van der Waals surface area contributed by atoms with Gasteiger partial charge in [-0.1, -0.05) is 133 Å². The molecule has 1 atom stereocenters. The average molecular weight is 614 g/mol. The van der Waals surface area contributed by atoms with Crippen molar-refractivity contribution in [3.05, 3.63) is 187 Å². The fourth-order valence-corrected chi connectivity index (χ4v) is 7.86. The minimum Gasteiger partial charge on any atom is -0.361 e. The highest BCUT2D eigenvalue weighted by Crippen LogP contribution is 2.43. The molecule has 0 amide bonds. The molecule has 3 heterocycles. The molecular formula is C45H31N3. The van der Waals surface area contributed by atoms with Gasteiger partial charge in [0.2, 0.25) is 0 Å². The summed E-state index contributed by atoms with van der Waals surface area (Å²) >= 11 is 0. The van der Waals surface area contributed by atoms with E-state index >= 15 is 0 Å². The van der Waals surface area contributed by atoms with Crippen LogP contribution in [0.5, 0.6) is 0 Å². The quantitative estimate of drug-likeness (QED) is 0.210. The first-order chi connectivity index (χ1) is 23.8. The van der Waals surface area contributed by atoms with Gasteiger partial charge in [0.05, 0.1) is 22.1 Å². The Morgan fingerprint density at radius 1 is 0.438 bits per heavy atom. The summed E-state index contributed by atoms with van der Waals surface area (Å²) in [6, 6.07) is 59.1. The second-order valence-electron chi connectivity index (χ2n) is 12.6. The van der Waals surface area contributed by atoms with Gasteiger partial charge in [0.15, 0.2) is 0 Å². The molecule has 2 aromatic heterocycles. The second kappa shape index (κ2) is 10.6. The maximum atomic E-state index is 3.93. The third-order valence-electron chi connectivity index (χ3n) is 9.93. The van der Waals surface area contributed by atoms with Crippen LogP contribution in [0.2, 0.25) is 0 Å². The van der Waals surface area contributed by atoms with Gasteiger partial charge in [-0.3, -0.25) is 0 Å². The maximum Gasteiger partial charge on any atom is 0.124 e. The molecule has 0 spiro atoms. The Hall–Kier alpha value is -6.32. The lowest BCUT2D eigenvalue weighted by molar-refractivity contribution is 0.591. The highest BCUT2D eigenvalue weighted by molar-refractivity contribution is 6.27. The second-order valence-corrected chi connectivity index (χ2v) is 12.6. The van der Waals surface area contributed by atoms with E-state index in [1.165, 1.54) is 76.8 Å². The molecule has 0 bridgehead atoms. The van der Waals surface area contributed by atoms with Gasteiger partial charge in [-0.15, -0.1) is 0 Å². The van der Waals surface area contributed by atoms with Gasteiger partial charge in [0.25, 0.3) is 0 Å². The summed E-state index contributed by atoms with van der Waals surface area (Å²) in [4.78, 5) is 0. The highest BCUT2D eigenvalue weighted by Gasteiger charge is 2.24. The first-order valence-corrected chi connectivity index (χ1v) is 16.6. The number of fused-ring (bicyclic) bond motifs is 9. The van der Waals surface area contributed by atoms with Crippen LogP contribution in [0.3, 0.4) is 0 Å². The summed E-state index contributed by atoms with van der Waals surface area (Å²) in [5, 5.41) is 11.5. The van der Waals surface area contributed by atoms with Gasteiger partial charge >= 0.3 is 0 Å². The fourth-order valence-electron chi connectivity index (χ4n) is 7.86. The largest absolute Gasteiger partial charge is 0.361 e. The Labute approximate surface area is 278 Å². The van der Waals surface area contributed by atoms with E-state index in [2.05, 4.69) is 190 Å². The van der Waals surface area contributed by atoms with E-state index < -0.39 is 0 Å². The maximum absolute atomic E-state index is 3.93. The number of hydrogen-bond donors (Lipinski definition) is 1. The van der Waals surface area contributed by atoms with E-state index in [9.17, 15) is 0 Å². The Balaban J connectivity index is 1.27. The number of benzene rings is 7. The molecule has 7 aromatic carbocycles. The van der Waals surface area contributed by atoms with Crippen LogP contribution in [0.4, 0.5) is 0 Å². The standard InChI is InChI=1S/C45H31N3/c1-4-14-30(15-5-1)32-28-39(31-16-6-2-7-17-31)46-43(29-32)48-41-23-13-11-21-38(41)44-35-24-25-36-34-20-10-12-22-40(34)47(33-18-8-3-9-19-33)45(36)37(35)26-27-42(44)48/h1-29,43,46H. The van der Waals surface area contributed by atoms with Crippen molar-refractivity contribution in [2.24, 2.45) is 0 Å². The smallest absolute Gasteiger partial charge is 0.124 e. The molecule has 1 N–H and O–H groups in total. The Bertz CT molecular complexity index is 2730. The molecule has 226 valence electrons. The van der Waals surface area contributed by atoms with Gasteiger partial charge in [0.1, 0.15) is 6.17 Å². The van der Waals surface area contributed by atoms with E-state index in [-0.39, 0.29) is 6.17 Å². The molecule has 1 aliphatic heterocycles. The first kappa shape index (κ1) is 26.9. The number of nitrogens with one attached hydrogen (secondary N) is 1. The average Bonchev–Trinajstić information content (AvgIpc) is 3.69. The number of hydrogen-bond acceptors (Lipinski definition) is 1. The number of aromatic nitrogens is 2. The molecule has 48 heavy (non-hydrogen) atoms. The summed E-state index contributed by atoms with van der Waals surface area (Å²) in [5.41, 5.74) is 10.8. The zero-order chi connectivity index (χ0) is 31.6. The number of para-hydroxylation sites is 3. The van der Waals surface area contributed by atoms with Crippen LogP contribution in [0, 0.1) is 0 Å². The van der Waals surface area contributed by atoms with Crippen molar-refractivity contribution in [2.45, 2.75) is 6.17 Å². The summed E-state index contributed by atoms with van der Waals surface area (Å²) in [5.74, 6) is 0. The molecule has 0 saturated heterocycles. The summed E-state index contributed by atoms with van der Waals surface area (Å²) in [6.45, 7) is 0. The monoisotopic (exact) mass is 613 g/mol.